The Kier molecular flexibility index (Phi) is 13.8. The number of carbonyl (C=O) groups is 1. The second kappa shape index (κ2) is 15.6. The number of nitrogens with one attached hydrogen (secondary N) is 1. The first kappa shape index (κ1) is 38.2. The lowest BCUT2D eigenvalue weighted by atomic mass is 9.78. The normalized spacial score (nSPS) is 16.4. The Morgan fingerprint density at radius 3 is 1.63 bits per heavy atom. The van der Waals surface area contributed by atoms with Gasteiger partial charge in [-0.25, -0.2) is 4.79 Å². The van der Waals surface area contributed by atoms with Crippen molar-refractivity contribution in [3.05, 3.63) is 21.9 Å². The zero-order valence-electron chi connectivity index (χ0n) is 30.3. The standard InChI is InChI=1S/C35H65NO4SSi2/c1-23(2)42(24(3)4,25(5)6)39-21-30(22-40-43(26(7)8,27(9)10)28(11)12)36-31-20-32(41-33(31)34(37)38-15)29-16-18-35(13,14)19-17-29/h16,20,23-28,30,36H,17-19,21-22H2,1-15H3. The first-order valence-electron chi connectivity index (χ1n) is 16.8. The van der Waals surface area contributed by atoms with Crippen LogP contribution in [-0.2, 0) is 13.6 Å². The van der Waals surface area contributed by atoms with Crippen molar-refractivity contribution in [1.29, 1.82) is 0 Å². The second-order valence-corrected chi connectivity index (χ2v) is 27.5. The summed E-state index contributed by atoms with van der Waals surface area (Å²) in [4.78, 5) is 14.9. The number of allylic oxidation sites excluding steroid dienone is 2. The fraction of sp³-hybridized carbons (Fsp3) is 0.800. The molecule has 1 aromatic rings. The van der Waals surface area contributed by atoms with Crippen LogP contribution in [0.4, 0.5) is 5.69 Å². The Morgan fingerprint density at radius 1 is 0.837 bits per heavy atom. The highest BCUT2D eigenvalue weighted by molar-refractivity contribution is 7.15. The Labute approximate surface area is 271 Å². The molecule has 1 N–H and O–H groups in total. The van der Waals surface area contributed by atoms with E-state index in [9.17, 15) is 4.79 Å². The van der Waals surface area contributed by atoms with Crippen molar-refractivity contribution in [2.45, 2.75) is 155 Å². The molecule has 8 heteroatoms. The van der Waals surface area contributed by atoms with E-state index in [4.69, 9.17) is 13.6 Å². The summed E-state index contributed by atoms with van der Waals surface area (Å²) in [5.41, 5.74) is 5.45. The highest BCUT2D eigenvalue weighted by Crippen LogP contribution is 2.45. The van der Waals surface area contributed by atoms with Gasteiger partial charge in [0, 0.05) is 4.88 Å². The average molecular weight is 652 g/mol. The van der Waals surface area contributed by atoms with E-state index in [1.165, 1.54) is 12.7 Å². The molecule has 1 heterocycles. The summed E-state index contributed by atoms with van der Waals surface area (Å²) in [6, 6.07) is 2.08. The van der Waals surface area contributed by atoms with Gasteiger partial charge >= 0.3 is 5.97 Å². The number of hydrogen-bond acceptors (Lipinski definition) is 6. The van der Waals surface area contributed by atoms with E-state index in [1.54, 1.807) is 11.3 Å². The Morgan fingerprint density at radius 2 is 1.28 bits per heavy atom. The molecule has 0 aliphatic heterocycles. The molecular formula is C35H65NO4SSi2. The summed E-state index contributed by atoms with van der Waals surface area (Å²) in [5, 5.41) is 3.79. The molecule has 1 aliphatic rings. The fourth-order valence-corrected chi connectivity index (χ4v) is 20.1. The van der Waals surface area contributed by atoms with E-state index in [-0.39, 0.29) is 12.0 Å². The minimum absolute atomic E-state index is 0.0867. The van der Waals surface area contributed by atoms with E-state index in [0.717, 1.165) is 29.8 Å². The van der Waals surface area contributed by atoms with Crippen molar-refractivity contribution in [2.24, 2.45) is 5.41 Å². The number of rotatable bonds is 16. The average Bonchev–Trinajstić information content (AvgIpc) is 3.30. The van der Waals surface area contributed by atoms with Crippen molar-refractivity contribution in [2.75, 3.05) is 25.6 Å². The summed E-state index contributed by atoms with van der Waals surface area (Å²) in [5.74, 6) is -0.290. The second-order valence-electron chi connectivity index (χ2n) is 15.5. The minimum Gasteiger partial charge on any atom is -0.465 e. The summed E-state index contributed by atoms with van der Waals surface area (Å²) in [7, 11) is -2.74. The fourth-order valence-electron chi connectivity index (χ4n) is 8.04. The first-order valence-corrected chi connectivity index (χ1v) is 21.9. The van der Waals surface area contributed by atoms with Crippen molar-refractivity contribution in [1.82, 2.24) is 0 Å². The van der Waals surface area contributed by atoms with Crippen LogP contribution >= 0.6 is 11.3 Å². The van der Waals surface area contributed by atoms with Gasteiger partial charge in [-0.3, -0.25) is 0 Å². The SMILES string of the molecule is COC(=O)c1sc(C2=CCC(C)(C)CC2)cc1NC(CO[Si](C(C)C)(C(C)C)C(C)C)CO[Si](C(C)C)(C(C)C)C(C)C. The number of ether oxygens (including phenoxy) is 1. The van der Waals surface area contributed by atoms with Crippen molar-refractivity contribution >= 4 is 45.2 Å². The molecular weight excluding hydrogens is 587 g/mol. The quantitative estimate of drug-likeness (QED) is 0.142. The van der Waals surface area contributed by atoms with E-state index in [2.05, 4.69) is 114 Å². The monoisotopic (exact) mass is 651 g/mol. The van der Waals surface area contributed by atoms with Crippen LogP contribution < -0.4 is 5.32 Å². The smallest absolute Gasteiger partial charge is 0.350 e. The number of hydrogen-bond donors (Lipinski definition) is 1. The summed E-state index contributed by atoms with van der Waals surface area (Å²) >= 11 is 1.55. The Balaban J connectivity index is 2.54. The molecule has 0 unspecified atom stereocenters. The summed E-state index contributed by atoms with van der Waals surface area (Å²) < 4.78 is 19.6. The number of methoxy groups -OCH3 is 1. The van der Waals surface area contributed by atoms with Gasteiger partial charge in [0.25, 0.3) is 0 Å². The van der Waals surface area contributed by atoms with E-state index in [1.807, 2.05) is 0 Å². The number of anilines is 1. The maximum absolute atomic E-state index is 13.1. The van der Waals surface area contributed by atoms with Crippen LogP contribution in [0.15, 0.2) is 12.1 Å². The van der Waals surface area contributed by atoms with E-state index in [0.29, 0.717) is 56.8 Å². The molecule has 0 fully saturated rings. The number of esters is 1. The molecule has 0 saturated carbocycles. The van der Waals surface area contributed by atoms with Gasteiger partial charge in [-0.1, -0.05) is 103 Å². The molecule has 2 rings (SSSR count). The third kappa shape index (κ3) is 8.66. The Bertz CT molecular complexity index is 994. The molecule has 248 valence electrons. The molecule has 1 aliphatic carbocycles. The van der Waals surface area contributed by atoms with Gasteiger partial charge < -0.3 is 18.9 Å². The lowest BCUT2D eigenvalue weighted by molar-refractivity contribution is 0.0607. The molecule has 43 heavy (non-hydrogen) atoms. The summed E-state index contributed by atoms with van der Waals surface area (Å²) in [6.07, 6.45) is 5.60. The first-order chi connectivity index (χ1) is 19.8. The largest absolute Gasteiger partial charge is 0.465 e. The lowest BCUT2D eigenvalue weighted by Crippen LogP contribution is -2.52. The number of carbonyl (C=O) groups excluding carboxylic acids is 1. The number of thiophene rings is 1. The van der Waals surface area contributed by atoms with Crippen LogP contribution in [0.5, 0.6) is 0 Å². The Hall–Kier alpha value is -0.936. The van der Waals surface area contributed by atoms with Gasteiger partial charge in [-0.2, -0.15) is 0 Å². The van der Waals surface area contributed by atoms with Crippen LogP contribution in [0.1, 0.15) is 131 Å². The van der Waals surface area contributed by atoms with Crippen LogP contribution in [0.2, 0.25) is 33.2 Å². The van der Waals surface area contributed by atoms with Crippen LogP contribution in [0.25, 0.3) is 5.57 Å². The van der Waals surface area contributed by atoms with Gasteiger partial charge in [-0.05, 0) is 69.6 Å². The zero-order chi connectivity index (χ0) is 32.9. The predicted molar refractivity (Wildman–Crippen MR) is 193 cm³/mol. The van der Waals surface area contributed by atoms with Gasteiger partial charge in [0.1, 0.15) is 4.88 Å². The highest BCUT2D eigenvalue weighted by atomic mass is 32.1. The molecule has 0 spiro atoms. The molecule has 5 nitrogen and oxygen atoms in total. The maximum Gasteiger partial charge on any atom is 0.350 e. The third-order valence-electron chi connectivity index (χ3n) is 10.2. The van der Waals surface area contributed by atoms with Gasteiger partial charge in [0.2, 0.25) is 0 Å². The van der Waals surface area contributed by atoms with E-state index < -0.39 is 16.6 Å². The molecule has 1 aromatic heterocycles. The molecule has 0 aromatic carbocycles. The van der Waals surface area contributed by atoms with Gasteiger partial charge in [0.15, 0.2) is 16.6 Å². The molecule has 0 radical (unpaired) electrons. The topological polar surface area (TPSA) is 56.8 Å². The van der Waals surface area contributed by atoms with E-state index >= 15 is 0 Å². The van der Waals surface area contributed by atoms with Crippen LogP contribution in [-0.4, -0.2) is 49.0 Å². The highest BCUT2D eigenvalue weighted by Gasteiger charge is 2.47. The summed E-state index contributed by atoms with van der Waals surface area (Å²) in [6.45, 7) is 33.8. The minimum atomic E-state index is -2.11. The molecule has 0 atom stereocenters. The lowest BCUT2D eigenvalue weighted by Gasteiger charge is -2.45. The predicted octanol–water partition coefficient (Wildman–Crippen LogP) is 11.3. The third-order valence-corrected chi connectivity index (χ3v) is 23.6. The molecule has 0 saturated heterocycles. The maximum atomic E-state index is 13.1. The van der Waals surface area contributed by atoms with Crippen molar-refractivity contribution in [3.63, 3.8) is 0 Å². The zero-order valence-corrected chi connectivity index (χ0v) is 33.1. The van der Waals surface area contributed by atoms with Crippen LogP contribution in [0, 0.1) is 5.41 Å². The molecule has 0 bridgehead atoms. The van der Waals surface area contributed by atoms with Gasteiger partial charge in [-0.15, -0.1) is 11.3 Å². The van der Waals surface area contributed by atoms with Gasteiger partial charge in [0.05, 0.1) is 32.1 Å². The molecule has 0 amide bonds. The van der Waals surface area contributed by atoms with Crippen molar-refractivity contribution in [3.8, 4) is 0 Å². The van der Waals surface area contributed by atoms with Crippen LogP contribution in [0.3, 0.4) is 0 Å². The van der Waals surface area contributed by atoms with Crippen molar-refractivity contribution < 1.29 is 18.4 Å².